The molecule has 2 fully saturated rings. The van der Waals surface area contributed by atoms with Crippen LogP contribution in [0, 0.1) is 6.92 Å². The first-order valence-corrected chi connectivity index (χ1v) is 8.99. The van der Waals surface area contributed by atoms with E-state index in [1.165, 1.54) is 13.1 Å². The molecule has 3 rings (SSSR count). The van der Waals surface area contributed by atoms with Crippen molar-refractivity contribution in [3.05, 3.63) is 17.4 Å². The van der Waals surface area contributed by atoms with Crippen molar-refractivity contribution in [2.45, 2.75) is 43.4 Å². The molecule has 2 aliphatic rings. The van der Waals surface area contributed by atoms with Gasteiger partial charge in [-0.3, -0.25) is 4.79 Å². The highest BCUT2D eigenvalue weighted by molar-refractivity contribution is 7.89. The van der Waals surface area contributed by atoms with Gasteiger partial charge in [0.05, 0.1) is 5.56 Å². The zero-order chi connectivity index (χ0) is 15.9. The summed E-state index contributed by atoms with van der Waals surface area (Å²) in [5.41, 5.74) is 0.340. The molecule has 3 heterocycles. The predicted octanol–water partition coefficient (Wildman–Crippen LogP) is 0.463. The fourth-order valence-corrected chi connectivity index (χ4v) is 4.06. The standard InChI is InChI=1S/C14H21N3O4S/c1-9-12(7-13(21-9)22(19,20)15-2)14(18)17-10-3-4-11(17)8-16-6-5-10/h7,10-11,15-16H,3-6,8H2,1-2H3. The van der Waals surface area contributed by atoms with Crippen molar-refractivity contribution < 1.29 is 17.6 Å². The van der Waals surface area contributed by atoms with E-state index < -0.39 is 10.0 Å². The Morgan fingerprint density at radius 3 is 2.82 bits per heavy atom. The van der Waals surface area contributed by atoms with Crippen LogP contribution in [0.5, 0.6) is 0 Å². The van der Waals surface area contributed by atoms with Crippen molar-refractivity contribution in [3.63, 3.8) is 0 Å². The van der Waals surface area contributed by atoms with Gasteiger partial charge in [-0.2, -0.15) is 0 Å². The summed E-state index contributed by atoms with van der Waals surface area (Å²) >= 11 is 0. The Kier molecular flexibility index (Phi) is 4.00. The zero-order valence-electron chi connectivity index (χ0n) is 12.8. The number of hydrogen-bond acceptors (Lipinski definition) is 5. The Morgan fingerprint density at radius 1 is 1.36 bits per heavy atom. The van der Waals surface area contributed by atoms with E-state index in [9.17, 15) is 13.2 Å². The molecular weight excluding hydrogens is 306 g/mol. The summed E-state index contributed by atoms with van der Waals surface area (Å²) in [4.78, 5) is 14.8. The Bertz CT molecular complexity index is 668. The van der Waals surface area contributed by atoms with Gasteiger partial charge in [0.15, 0.2) is 0 Å². The van der Waals surface area contributed by atoms with Gasteiger partial charge in [-0.1, -0.05) is 0 Å². The lowest BCUT2D eigenvalue weighted by atomic mass is 10.1. The Morgan fingerprint density at radius 2 is 2.09 bits per heavy atom. The minimum Gasteiger partial charge on any atom is -0.448 e. The quantitative estimate of drug-likeness (QED) is 0.842. The minimum absolute atomic E-state index is 0.130. The molecule has 22 heavy (non-hydrogen) atoms. The lowest BCUT2D eigenvalue weighted by Gasteiger charge is -2.27. The molecule has 0 spiro atoms. The predicted molar refractivity (Wildman–Crippen MR) is 80.2 cm³/mol. The van der Waals surface area contributed by atoms with Crippen molar-refractivity contribution in [2.75, 3.05) is 20.1 Å². The fraction of sp³-hybridized carbons (Fsp3) is 0.643. The molecule has 2 bridgehead atoms. The highest BCUT2D eigenvalue weighted by Gasteiger charge is 2.39. The first kappa shape index (κ1) is 15.5. The summed E-state index contributed by atoms with van der Waals surface area (Å²) in [6.45, 7) is 3.33. The van der Waals surface area contributed by atoms with E-state index in [1.807, 2.05) is 4.90 Å². The van der Waals surface area contributed by atoms with Gasteiger partial charge in [0.2, 0.25) is 5.09 Å². The summed E-state index contributed by atoms with van der Waals surface area (Å²) in [6, 6.07) is 1.74. The number of fused-ring (bicyclic) bond motifs is 2. The fourth-order valence-electron chi connectivity index (χ4n) is 3.35. The molecule has 0 aromatic carbocycles. The molecule has 7 nitrogen and oxygen atoms in total. The third kappa shape index (κ3) is 2.55. The molecule has 0 saturated carbocycles. The minimum atomic E-state index is -3.68. The maximum Gasteiger partial charge on any atom is 0.273 e. The summed E-state index contributed by atoms with van der Waals surface area (Å²) in [7, 11) is -2.37. The van der Waals surface area contributed by atoms with Gasteiger partial charge in [-0.05, 0) is 39.8 Å². The number of nitrogens with one attached hydrogen (secondary N) is 2. The molecule has 8 heteroatoms. The van der Waals surface area contributed by atoms with Gasteiger partial charge in [0.25, 0.3) is 15.9 Å². The highest BCUT2D eigenvalue weighted by Crippen LogP contribution is 2.31. The van der Waals surface area contributed by atoms with Crippen molar-refractivity contribution >= 4 is 15.9 Å². The summed E-state index contributed by atoms with van der Waals surface area (Å²) < 4.78 is 31.1. The van der Waals surface area contributed by atoms with E-state index in [0.717, 1.165) is 32.4 Å². The first-order valence-electron chi connectivity index (χ1n) is 7.51. The number of aryl methyl sites for hydroxylation is 1. The van der Waals surface area contributed by atoms with Crippen molar-refractivity contribution in [1.82, 2.24) is 14.9 Å². The number of sulfonamides is 1. The average molecular weight is 327 g/mol. The molecule has 2 atom stereocenters. The maximum absolute atomic E-state index is 12.9. The Balaban J connectivity index is 1.93. The van der Waals surface area contributed by atoms with Gasteiger partial charge in [-0.15, -0.1) is 0 Å². The van der Waals surface area contributed by atoms with Crippen LogP contribution in [-0.4, -0.2) is 51.4 Å². The average Bonchev–Trinajstić information content (AvgIpc) is 2.98. The van der Waals surface area contributed by atoms with Gasteiger partial charge in [0.1, 0.15) is 5.76 Å². The van der Waals surface area contributed by atoms with Crippen molar-refractivity contribution in [2.24, 2.45) is 0 Å². The third-order valence-corrected chi connectivity index (χ3v) is 5.82. The van der Waals surface area contributed by atoms with E-state index in [4.69, 9.17) is 4.42 Å². The van der Waals surface area contributed by atoms with Crippen LogP contribution in [0.2, 0.25) is 0 Å². The number of rotatable bonds is 3. The normalized spacial score (nSPS) is 25.3. The van der Waals surface area contributed by atoms with Crippen molar-refractivity contribution in [1.29, 1.82) is 0 Å². The molecule has 2 unspecified atom stereocenters. The topological polar surface area (TPSA) is 91.7 Å². The molecule has 0 aliphatic carbocycles. The molecule has 1 aromatic rings. The van der Waals surface area contributed by atoms with E-state index in [2.05, 4.69) is 10.0 Å². The molecule has 2 saturated heterocycles. The number of carbonyl (C=O) groups excluding carboxylic acids is 1. The number of furan rings is 1. The Labute approximate surface area is 130 Å². The smallest absolute Gasteiger partial charge is 0.273 e. The maximum atomic E-state index is 12.9. The molecule has 2 aliphatic heterocycles. The lowest BCUT2D eigenvalue weighted by Crippen LogP contribution is -2.42. The molecule has 2 N–H and O–H groups in total. The Hall–Kier alpha value is -1.38. The van der Waals surface area contributed by atoms with E-state index in [0.29, 0.717) is 11.3 Å². The second-order valence-electron chi connectivity index (χ2n) is 5.83. The van der Waals surface area contributed by atoms with Crippen LogP contribution < -0.4 is 10.0 Å². The monoisotopic (exact) mass is 327 g/mol. The first-order chi connectivity index (χ1) is 10.4. The summed E-state index contributed by atoms with van der Waals surface area (Å²) in [5.74, 6) is 0.213. The zero-order valence-corrected chi connectivity index (χ0v) is 13.6. The summed E-state index contributed by atoms with van der Waals surface area (Å²) in [6.07, 6.45) is 2.93. The van der Waals surface area contributed by atoms with Crippen LogP contribution in [0.25, 0.3) is 0 Å². The van der Waals surface area contributed by atoms with E-state index >= 15 is 0 Å². The van der Waals surface area contributed by atoms with Gasteiger partial charge in [0, 0.05) is 24.7 Å². The van der Waals surface area contributed by atoms with Crippen LogP contribution in [0.15, 0.2) is 15.6 Å². The second kappa shape index (κ2) is 5.68. The molecule has 1 aromatic heterocycles. The van der Waals surface area contributed by atoms with Crippen LogP contribution in [0.4, 0.5) is 0 Å². The number of amides is 1. The third-order valence-electron chi connectivity index (χ3n) is 4.55. The van der Waals surface area contributed by atoms with Crippen LogP contribution in [0.3, 0.4) is 0 Å². The van der Waals surface area contributed by atoms with Gasteiger partial charge >= 0.3 is 0 Å². The highest BCUT2D eigenvalue weighted by atomic mass is 32.2. The molecule has 0 radical (unpaired) electrons. The summed E-state index contributed by atoms with van der Waals surface area (Å²) in [5, 5.41) is 3.13. The van der Waals surface area contributed by atoms with Gasteiger partial charge < -0.3 is 14.6 Å². The largest absolute Gasteiger partial charge is 0.448 e. The van der Waals surface area contributed by atoms with Crippen LogP contribution in [0.1, 0.15) is 35.4 Å². The van der Waals surface area contributed by atoms with E-state index in [1.54, 1.807) is 6.92 Å². The van der Waals surface area contributed by atoms with E-state index in [-0.39, 0.29) is 23.1 Å². The molecular formula is C14H21N3O4S. The second-order valence-corrected chi connectivity index (χ2v) is 7.65. The van der Waals surface area contributed by atoms with Crippen LogP contribution in [-0.2, 0) is 10.0 Å². The lowest BCUT2D eigenvalue weighted by molar-refractivity contribution is 0.0678. The molecule has 122 valence electrons. The number of carbonyl (C=O) groups is 1. The van der Waals surface area contributed by atoms with Crippen LogP contribution >= 0.6 is 0 Å². The molecule has 1 amide bonds. The van der Waals surface area contributed by atoms with Crippen molar-refractivity contribution in [3.8, 4) is 0 Å². The van der Waals surface area contributed by atoms with Gasteiger partial charge in [-0.25, -0.2) is 13.1 Å². The number of hydrogen-bond donors (Lipinski definition) is 2. The SMILES string of the molecule is CNS(=O)(=O)c1cc(C(=O)N2C3CCNCC2CC3)c(C)o1. The number of nitrogens with zero attached hydrogens (tertiary/aromatic N) is 1.